The molecule has 1 aromatic heterocycles. The highest BCUT2D eigenvalue weighted by molar-refractivity contribution is 7.80. The Balaban J connectivity index is 2.05. The van der Waals surface area contributed by atoms with Crippen LogP contribution in [0.3, 0.4) is 0 Å². The quantitative estimate of drug-likeness (QED) is 0.342. The van der Waals surface area contributed by atoms with Crippen LogP contribution in [0.5, 0.6) is 0 Å². The Morgan fingerprint density at radius 3 is 2.49 bits per heavy atom. The molecule has 1 aliphatic heterocycles. The minimum atomic E-state index is -4.92. The molecule has 1 saturated heterocycles. The van der Waals surface area contributed by atoms with Gasteiger partial charge in [0.05, 0.1) is 11.3 Å². The molecule has 2 unspecified atom stereocenters. The van der Waals surface area contributed by atoms with Crippen LogP contribution < -0.4 is 15.4 Å². The van der Waals surface area contributed by atoms with Gasteiger partial charge in [0.1, 0.15) is 17.7 Å². The maximum absolute atomic E-state index is 13.8. The molecular weight excluding hydrogens is 490 g/mol. The summed E-state index contributed by atoms with van der Waals surface area (Å²) in [5, 5.41) is 0. The maximum atomic E-state index is 13.8. The van der Waals surface area contributed by atoms with Crippen LogP contribution in [-0.4, -0.2) is 37.2 Å². The second-order valence-electron chi connectivity index (χ2n) is 7.78. The van der Waals surface area contributed by atoms with E-state index in [1.165, 1.54) is 35.2 Å². The number of anilines is 2. The Morgan fingerprint density at radius 1 is 1.14 bits per heavy atom. The fourth-order valence-corrected chi connectivity index (χ4v) is 4.35. The molecule has 0 aliphatic carbocycles. The predicted octanol–water partition coefficient (Wildman–Crippen LogP) is 3.97. The van der Waals surface area contributed by atoms with Gasteiger partial charge in [-0.2, -0.15) is 13.2 Å². The van der Waals surface area contributed by atoms with E-state index in [0.29, 0.717) is 18.4 Å². The summed E-state index contributed by atoms with van der Waals surface area (Å²) in [5.41, 5.74) is 6.18. The zero-order chi connectivity index (χ0) is 25.3. The van der Waals surface area contributed by atoms with Crippen LogP contribution in [0.1, 0.15) is 18.7 Å². The van der Waals surface area contributed by atoms with E-state index < -0.39 is 41.0 Å². The number of rotatable bonds is 6. The topological polar surface area (TPSA) is 121 Å². The number of carbonyl (C=O) groups excluding carboxylic acids is 1. The Hall–Kier alpha value is -3.58. The number of halogens is 4. The summed E-state index contributed by atoms with van der Waals surface area (Å²) >= 11 is -2.40. The van der Waals surface area contributed by atoms with Gasteiger partial charge >= 0.3 is 6.18 Å². The summed E-state index contributed by atoms with van der Waals surface area (Å²) in [6, 6.07) is 9.85. The number of hydrogen-bond acceptors (Lipinski definition) is 5. The molecule has 3 aromatic rings. The molecule has 35 heavy (non-hydrogen) atoms. The van der Waals surface area contributed by atoms with E-state index >= 15 is 0 Å². The Labute approximate surface area is 199 Å². The van der Waals surface area contributed by atoms with Crippen molar-refractivity contribution >= 4 is 28.7 Å². The molecule has 1 fully saturated rings. The normalized spacial score (nSPS) is 16.8. The first-order chi connectivity index (χ1) is 16.5. The average Bonchev–Trinajstić information content (AvgIpc) is 3.28. The van der Waals surface area contributed by atoms with Gasteiger partial charge in [-0.3, -0.25) is 14.1 Å². The van der Waals surface area contributed by atoms with Crippen LogP contribution >= 0.6 is 0 Å². The van der Waals surface area contributed by atoms with Gasteiger partial charge < -0.3 is 10.6 Å². The molecule has 2 heterocycles. The standard InChI is InChI=1S/C22H19F4N5O3S/c23-14-8-6-12(7-9-14)18-17(13-3-1-4-15(11-13)30-35(33)34)20(29-21(28-18)22(24,25)26)31-10-2-5-16(31)19(27)32/h1,3-4,6-9,11,16,30H,2,5,10H2,(H2,27,32)(H,33,34). The molecule has 0 spiro atoms. The van der Waals surface area contributed by atoms with E-state index in [9.17, 15) is 31.1 Å². The molecule has 0 saturated carbocycles. The summed E-state index contributed by atoms with van der Waals surface area (Å²) in [6.07, 6.45) is -4.09. The average molecular weight is 509 g/mol. The summed E-state index contributed by atoms with van der Waals surface area (Å²) in [6.45, 7) is 0.219. The van der Waals surface area contributed by atoms with Crippen molar-refractivity contribution in [3.8, 4) is 22.4 Å². The van der Waals surface area contributed by atoms with Crippen molar-refractivity contribution in [1.82, 2.24) is 9.97 Å². The number of aromatic nitrogens is 2. The first-order valence-electron chi connectivity index (χ1n) is 10.3. The van der Waals surface area contributed by atoms with Crippen molar-refractivity contribution in [1.29, 1.82) is 0 Å². The van der Waals surface area contributed by atoms with Crippen molar-refractivity contribution in [3.63, 3.8) is 0 Å². The van der Waals surface area contributed by atoms with E-state index in [1.54, 1.807) is 6.07 Å². The van der Waals surface area contributed by atoms with Gasteiger partial charge in [-0.25, -0.2) is 18.6 Å². The molecule has 184 valence electrons. The van der Waals surface area contributed by atoms with Gasteiger partial charge in [0.25, 0.3) is 11.3 Å². The molecule has 13 heteroatoms. The zero-order valence-electron chi connectivity index (χ0n) is 17.9. The molecule has 1 aliphatic rings. The Bertz CT molecular complexity index is 1290. The van der Waals surface area contributed by atoms with Gasteiger partial charge in [-0.1, -0.05) is 12.1 Å². The summed E-state index contributed by atoms with van der Waals surface area (Å²) < 4.78 is 77.9. The number of carbonyl (C=O) groups is 1. The van der Waals surface area contributed by atoms with E-state index in [4.69, 9.17) is 5.73 Å². The number of nitrogens with two attached hydrogens (primary N) is 1. The summed E-state index contributed by atoms with van der Waals surface area (Å²) in [4.78, 5) is 21.1. The maximum Gasteiger partial charge on any atom is 0.451 e. The molecule has 0 bridgehead atoms. The molecule has 8 nitrogen and oxygen atoms in total. The van der Waals surface area contributed by atoms with Crippen molar-refractivity contribution in [3.05, 3.63) is 60.2 Å². The second kappa shape index (κ2) is 9.58. The molecule has 1 amide bonds. The lowest BCUT2D eigenvalue weighted by Crippen LogP contribution is -2.41. The highest BCUT2D eigenvalue weighted by Gasteiger charge is 2.39. The van der Waals surface area contributed by atoms with Gasteiger partial charge in [-0.15, -0.1) is 0 Å². The third-order valence-electron chi connectivity index (χ3n) is 5.47. The number of primary amides is 1. The van der Waals surface area contributed by atoms with E-state index in [0.717, 1.165) is 12.1 Å². The number of alkyl halides is 3. The van der Waals surface area contributed by atoms with Crippen molar-refractivity contribution in [2.45, 2.75) is 25.1 Å². The Kier molecular flexibility index (Phi) is 6.72. The summed E-state index contributed by atoms with van der Waals surface area (Å²) in [5.74, 6) is -2.91. The van der Waals surface area contributed by atoms with Crippen LogP contribution in [0.25, 0.3) is 22.4 Å². The lowest BCUT2D eigenvalue weighted by molar-refractivity contribution is -0.144. The molecule has 2 atom stereocenters. The van der Waals surface area contributed by atoms with Crippen LogP contribution in [-0.2, 0) is 22.2 Å². The molecule has 0 radical (unpaired) electrons. The van der Waals surface area contributed by atoms with E-state index in [1.807, 2.05) is 0 Å². The van der Waals surface area contributed by atoms with Crippen molar-refractivity contribution < 1.29 is 31.1 Å². The SMILES string of the molecule is NC(=O)C1CCCN1c1nc(C(F)(F)F)nc(-c2ccc(F)cc2)c1-c1cccc(NS(=O)O)c1. The number of hydrogen-bond donors (Lipinski definition) is 3. The van der Waals surface area contributed by atoms with Gasteiger partial charge in [0.2, 0.25) is 11.7 Å². The number of nitrogens with zero attached hydrogens (tertiary/aromatic N) is 3. The molecule has 4 rings (SSSR count). The number of benzene rings is 2. The van der Waals surface area contributed by atoms with Crippen LogP contribution in [0, 0.1) is 5.82 Å². The molecule has 4 N–H and O–H groups in total. The van der Waals surface area contributed by atoms with Crippen LogP contribution in [0.15, 0.2) is 48.5 Å². The first-order valence-corrected chi connectivity index (χ1v) is 11.4. The fraction of sp³-hybridized carbons (Fsp3) is 0.227. The fourth-order valence-electron chi connectivity index (χ4n) is 4.02. The van der Waals surface area contributed by atoms with Crippen molar-refractivity contribution in [2.75, 3.05) is 16.2 Å². The lowest BCUT2D eigenvalue weighted by Gasteiger charge is -2.28. The predicted molar refractivity (Wildman–Crippen MR) is 122 cm³/mol. The van der Waals surface area contributed by atoms with Crippen molar-refractivity contribution in [2.24, 2.45) is 5.73 Å². The minimum Gasteiger partial charge on any atom is -0.368 e. The lowest BCUT2D eigenvalue weighted by atomic mass is 9.98. The smallest absolute Gasteiger partial charge is 0.368 e. The van der Waals surface area contributed by atoms with Gasteiger partial charge in [0.15, 0.2) is 0 Å². The van der Waals surface area contributed by atoms with E-state index in [2.05, 4.69) is 14.7 Å². The molecular formula is C22H19F4N5O3S. The largest absolute Gasteiger partial charge is 0.451 e. The van der Waals surface area contributed by atoms with Crippen LogP contribution in [0.2, 0.25) is 0 Å². The number of nitrogens with one attached hydrogen (secondary N) is 1. The summed E-state index contributed by atoms with van der Waals surface area (Å²) in [7, 11) is 0. The molecule has 2 aromatic carbocycles. The third kappa shape index (κ3) is 5.25. The van der Waals surface area contributed by atoms with Crippen LogP contribution in [0.4, 0.5) is 29.1 Å². The highest BCUT2D eigenvalue weighted by atomic mass is 32.2. The van der Waals surface area contributed by atoms with Gasteiger partial charge in [0, 0.05) is 17.8 Å². The first kappa shape index (κ1) is 24.5. The highest BCUT2D eigenvalue weighted by Crippen LogP contribution is 2.42. The minimum absolute atomic E-state index is 0.130. The zero-order valence-corrected chi connectivity index (χ0v) is 18.7. The Morgan fingerprint density at radius 2 is 1.86 bits per heavy atom. The van der Waals surface area contributed by atoms with Gasteiger partial charge in [-0.05, 0) is 54.8 Å². The second-order valence-corrected chi connectivity index (χ2v) is 8.49. The van der Waals surface area contributed by atoms with E-state index in [-0.39, 0.29) is 34.9 Å². The number of amides is 1. The monoisotopic (exact) mass is 509 g/mol. The third-order valence-corrected chi connectivity index (χ3v) is 5.88.